The monoisotopic (exact) mass is 330 g/mol. The largest absolute Gasteiger partial charge is 0.349 e. The van der Waals surface area contributed by atoms with Crippen LogP contribution in [-0.4, -0.2) is 17.8 Å². The maximum absolute atomic E-state index is 3.84. The molecule has 0 radical (unpaired) electrons. The highest BCUT2D eigenvalue weighted by atomic mass is 14.8. The van der Waals surface area contributed by atoms with Gasteiger partial charge < -0.3 is 4.98 Å². The van der Waals surface area contributed by atoms with Gasteiger partial charge in [-0.1, -0.05) is 67.9 Å². The van der Waals surface area contributed by atoms with Crippen molar-refractivity contribution in [2.24, 2.45) is 0 Å². The maximum Gasteiger partial charge on any atom is 0.106 e. The number of H-pyrrole nitrogens is 1. The van der Waals surface area contributed by atoms with E-state index in [0.29, 0.717) is 0 Å². The molecule has 3 heteroatoms. The normalized spacial score (nSPS) is 9.88. The van der Waals surface area contributed by atoms with Gasteiger partial charge in [-0.15, -0.1) is 0 Å². The predicted octanol–water partition coefficient (Wildman–Crippen LogP) is 4.76. The van der Waals surface area contributed by atoms with E-state index in [4.69, 9.17) is 0 Å². The Morgan fingerprint density at radius 3 is 1.92 bits per heavy atom. The third kappa shape index (κ3) is 5.22. The molecule has 3 aromatic rings. The van der Waals surface area contributed by atoms with Gasteiger partial charge in [-0.25, -0.2) is 4.98 Å². The molecule has 1 aromatic heterocycles. The summed E-state index contributed by atoms with van der Waals surface area (Å²) in [5.74, 6) is 0. The molecule has 1 heterocycles. The van der Waals surface area contributed by atoms with Crippen LogP contribution in [0.25, 0.3) is 5.57 Å². The number of aryl methyl sites for hydroxylation is 3. The average Bonchev–Trinajstić information content (AvgIpc) is 3.16. The Labute approximate surface area is 152 Å². The molecular weight excluding hydrogens is 303 g/mol. The summed E-state index contributed by atoms with van der Waals surface area (Å²) in [7, 11) is 2.19. The van der Waals surface area contributed by atoms with Gasteiger partial charge in [-0.3, -0.25) is 0 Å². The number of nitrogens with zero attached hydrogens (tertiary/aromatic N) is 1. The molecule has 3 rings (SSSR count). The average molecular weight is 330 g/mol. The van der Waals surface area contributed by atoms with Crippen molar-refractivity contribution in [1.82, 2.24) is 9.97 Å². The van der Waals surface area contributed by atoms with E-state index in [0.717, 1.165) is 12.7 Å². The number of nitrogens with one attached hydrogen (secondary N) is 1. The second kappa shape index (κ2) is 9.68. The van der Waals surface area contributed by atoms with E-state index < -0.39 is 0 Å². The van der Waals surface area contributed by atoms with Crippen molar-refractivity contribution in [3.63, 3.8) is 0 Å². The molecule has 0 aliphatic carbocycles. The van der Waals surface area contributed by atoms with Gasteiger partial charge in [0.1, 0.15) is 7.85 Å². The number of imidazole rings is 1. The zero-order valence-corrected chi connectivity index (χ0v) is 15.7. The van der Waals surface area contributed by atoms with E-state index in [-0.39, 0.29) is 0 Å². The lowest BCUT2D eigenvalue weighted by Crippen LogP contribution is -1.94. The summed E-state index contributed by atoms with van der Waals surface area (Å²) < 4.78 is 0. The lowest BCUT2D eigenvalue weighted by Gasteiger charge is -2.13. The van der Waals surface area contributed by atoms with Crippen molar-refractivity contribution in [2.45, 2.75) is 33.5 Å². The molecule has 0 atom stereocenters. The minimum absolute atomic E-state index is 1.04. The van der Waals surface area contributed by atoms with Gasteiger partial charge in [0, 0.05) is 11.9 Å². The zero-order valence-electron chi connectivity index (χ0n) is 15.7. The highest BCUT2D eigenvalue weighted by molar-refractivity contribution is 6.10. The number of hydrogen-bond donors (Lipinski definition) is 1. The fourth-order valence-corrected chi connectivity index (χ4v) is 2.80. The number of benzene rings is 2. The van der Waals surface area contributed by atoms with Crippen LogP contribution in [0.3, 0.4) is 0 Å². The van der Waals surface area contributed by atoms with Crippen molar-refractivity contribution in [1.29, 1.82) is 0 Å². The molecule has 128 valence electrons. The van der Waals surface area contributed by atoms with Crippen molar-refractivity contribution >= 4 is 13.4 Å². The fraction of sp³-hybridized carbons (Fsp3) is 0.227. The Morgan fingerprint density at radius 2 is 1.56 bits per heavy atom. The van der Waals surface area contributed by atoms with Crippen LogP contribution >= 0.6 is 0 Å². The van der Waals surface area contributed by atoms with E-state index in [2.05, 4.69) is 93.2 Å². The Morgan fingerprint density at radius 1 is 1.00 bits per heavy atom. The molecule has 0 fully saturated rings. The quantitative estimate of drug-likeness (QED) is 0.687. The number of rotatable bonds is 4. The minimum Gasteiger partial charge on any atom is -0.349 e. The van der Waals surface area contributed by atoms with Crippen LogP contribution in [0.5, 0.6) is 0 Å². The van der Waals surface area contributed by atoms with Gasteiger partial charge >= 0.3 is 0 Å². The minimum atomic E-state index is 1.04. The van der Waals surface area contributed by atoms with Gasteiger partial charge in [0.25, 0.3) is 0 Å². The van der Waals surface area contributed by atoms with E-state index in [1.165, 1.54) is 33.5 Å². The van der Waals surface area contributed by atoms with Crippen molar-refractivity contribution in [2.75, 3.05) is 0 Å². The molecule has 0 aliphatic rings. The first-order valence-electron chi connectivity index (χ1n) is 8.96. The van der Waals surface area contributed by atoms with Crippen LogP contribution < -0.4 is 0 Å². The molecule has 1 N–H and O–H groups in total. The summed E-state index contributed by atoms with van der Waals surface area (Å²) in [6, 6.07) is 17.2. The summed E-state index contributed by atoms with van der Waals surface area (Å²) >= 11 is 0. The molecule has 0 saturated carbocycles. The third-order valence-electron chi connectivity index (χ3n) is 4.21. The number of aromatic amines is 1. The Hall–Kier alpha value is -2.55. The van der Waals surface area contributed by atoms with Gasteiger partial charge in [-0.2, -0.15) is 0 Å². The summed E-state index contributed by atoms with van der Waals surface area (Å²) in [5.41, 5.74) is 7.90. The van der Waals surface area contributed by atoms with E-state index in [9.17, 15) is 0 Å². The van der Waals surface area contributed by atoms with E-state index in [1.54, 1.807) is 6.33 Å². The van der Waals surface area contributed by atoms with E-state index in [1.807, 2.05) is 6.20 Å². The SMILES string of the molecule is BCC=C(c1ccccc1C)c1ccccc1C.CCc1cnc[nH]1. The van der Waals surface area contributed by atoms with Gasteiger partial charge in [0.2, 0.25) is 0 Å². The van der Waals surface area contributed by atoms with Crippen molar-refractivity contribution in [3.8, 4) is 0 Å². The number of hydrogen-bond acceptors (Lipinski definition) is 1. The molecule has 2 aromatic carbocycles. The van der Waals surface area contributed by atoms with Crippen LogP contribution in [0, 0.1) is 13.8 Å². The highest BCUT2D eigenvalue weighted by Gasteiger charge is 2.08. The standard InChI is InChI=1S/C17H19B.C5H8N2/c1-13-7-3-5-9-15(13)17(11-12-18)16-10-6-4-8-14(16)2;1-2-5-3-6-4-7-5/h3-11H,12,18H2,1-2H3;3-4H,2H2,1H3,(H,6,7). The summed E-state index contributed by atoms with van der Waals surface area (Å²) in [6.45, 7) is 6.45. The Kier molecular flexibility index (Phi) is 7.27. The first kappa shape index (κ1) is 18.8. The van der Waals surface area contributed by atoms with Crippen LogP contribution in [0.15, 0.2) is 67.1 Å². The molecule has 25 heavy (non-hydrogen) atoms. The zero-order chi connectivity index (χ0) is 18.1. The first-order chi connectivity index (χ1) is 12.2. The lowest BCUT2D eigenvalue weighted by atomic mass is 9.89. The number of allylic oxidation sites excluding steroid dienone is 1. The third-order valence-corrected chi connectivity index (χ3v) is 4.21. The summed E-state index contributed by atoms with van der Waals surface area (Å²) in [4.78, 5) is 6.81. The summed E-state index contributed by atoms with van der Waals surface area (Å²) in [6.07, 6.45) is 7.95. The molecule has 0 aliphatic heterocycles. The van der Waals surface area contributed by atoms with Crippen molar-refractivity contribution < 1.29 is 0 Å². The van der Waals surface area contributed by atoms with Gasteiger partial charge in [0.15, 0.2) is 0 Å². The second-order valence-electron chi connectivity index (χ2n) is 6.09. The Bertz CT molecular complexity index is 757. The number of aromatic nitrogens is 2. The Balaban J connectivity index is 0.000000269. The smallest absolute Gasteiger partial charge is 0.106 e. The van der Waals surface area contributed by atoms with Crippen LogP contribution in [0.1, 0.15) is 34.9 Å². The predicted molar refractivity (Wildman–Crippen MR) is 111 cm³/mol. The van der Waals surface area contributed by atoms with Gasteiger partial charge in [0.05, 0.1) is 6.33 Å². The summed E-state index contributed by atoms with van der Waals surface area (Å²) in [5, 5.41) is 0. The molecular formula is C22H27BN2. The van der Waals surface area contributed by atoms with Crippen LogP contribution in [-0.2, 0) is 6.42 Å². The molecule has 0 amide bonds. The van der Waals surface area contributed by atoms with Crippen molar-refractivity contribution in [3.05, 3.63) is 95.1 Å². The first-order valence-corrected chi connectivity index (χ1v) is 8.96. The highest BCUT2D eigenvalue weighted by Crippen LogP contribution is 2.28. The lowest BCUT2D eigenvalue weighted by molar-refractivity contribution is 1.06. The van der Waals surface area contributed by atoms with Crippen LogP contribution in [0.2, 0.25) is 6.32 Å². The molecule has 0 unspecified atom stereocenters. The topological polar surface area (TPSA) is 28.7 Å². The maximum atomic E-state index is 3.84. The van der Waals surface area contributed by atoms with Crippen LogP contribution in [0.4, 0.5) is 0 Å². The fourth-order valence-electron chi connectivity index (χ4n) is 2.80. The molecule has 2 nitrogen and oxygen atoms in total. The van der Waals surface area contributed by atoms with E-state index >= 15 is 0 Å². The molecule has 0 bridgehead atoms. The van der Waals surface area contributed by atoms with Gasteiger partial charge in [-0.05, 0) is 48.1 Å². The molecule has 0 spiro atoms. The molecule has 0 saturated heterocycles. The second-order valence-corrected chi connectivity index (χ2v) is 6.09.